The lowest BCUT2D eigenvalue weighted by Gasteiger charge is -2.20. The Hall–Kier alpha value is -3.69. The topological polar surface area (TPSA) is 91.4 Å². The summed E-state index contributed by atoms with van der Waals surface area (Å²) in [5.74, 6) is 0.451. The number of aromatic nitrogens is 2. The van der Waals surface area contributed by atoms with Crippen molar-refractivity contribution in [2.24, 2.45) is 0 Å². The Kier molecular flexibility index (Phi) is 9.82. The molecule has 1 atom stereocenters. The third-order valence-electron chi connectivity index (χ3n) is 7.51. The van der Waals surface area contributed by atoms with E-state index in [2.05, 4.69) is 51.1 Å². The number of carbonyl (C=O) groups excluding carboxylic acids is 1. The Bertz CT molecular complexity index is 1630. The number of likely N-dealkylation sites (N-methyl/N-ethyl adjacent to an activating group) is 1. The number of ether oxygens (including phenoxy) is 1. The second-order valence-corrected chi connectivity index (χ2v) is 11.5. The van der Waals surface area contributed by atoms with Crippen LogP contribution in [0.4, 0.5) is 5.69 Å². The minimum absolute atomic E-state index is 0.00762. The number of nitrogens with one attached hydrogen (secondary N) is 3. The lowest BCUT2D eigenvalue weighted by Crippen LogP contribution is -2.38. The maximum absolute atomic E-state index is 11.3. The molecule has 43 heavy (non-hydrogen) atoms. The number of carbonyl (C=O) groups is 1. The van der Waals surface area contributed by atoms with Gasteiger partial charge in [-0.15, -0.1) is 0 Å². The number of nitrogens with zero attached hydrogens (tertiary/aromatic N) is 3. The third kappa shape index (κ3) is 6.94. The number of benzene rings is 2. The van der Waals surface area contributed by atoms with Crippen molar-refractivity contribution in [1.82, 2.24) is 25.9 Å². The quantitative estimate of drug-likeness (QED) is 0.214. The summed E-state index contributed by atoms with van der Waals surface area (Å²) >= 11 is 14.1. The molecular weight excluding hydrogens is 583 g/mol. The normalized spacial score (nSPS) is 13.7. The zero-order chi connectivity index (χ0) is 30.5. The second-order valence-electron chi connectivity index (χ2n) is 10.7. The first kappa shape index (κ1) is 30.8. The molecule has 10 heteroatoms. The monoisotopic (exact) mass is 618 g/mol. The van der Waals surface area contributed by atoms with Gasteiger partial charge in [0.2, 0.25) is 11.8 Å². The molecule has 0 saturated heterocycles. The van der Waals surface area contributed by atoms with Gasteiger partial charge in [0.25, 0.3) is 0 Å². The summed E-state index contributed by atoms with van der Waals surface area (Å²) in [5, 5.41) is 10.7. The molecule has 1 amide bonds. The van der Waals surface area contributed by atoms with Crippen molar-refractivity contribution in [3.63, 3.8) is 0 Å². The zero-order valence-corrected chi connectivity index (χ0v) is 26.3. The summed E-state index contributed by atoms with van der Waals surface area (Å²) in [5.41, 5.74) is 8.02. The van der Waals surface area contributed by atoms with E-state index in [1.54, 1.807) is 13.3 Å². The smallest absolute Gasteiger partial charge is 0.218 e. The highest BCUT2D eigenvalue weighted by Crippen LogP contribution is 2.42. The highest BCUT2D eigenvalue weighted by atomic mass is 35.5. The minimum atomic E-state index is -0.0548. The number of hydrogen-bond acceptors (Lipinski definition) is 7. The van der Waals surface area contributed by atoms with Crippen molar-refractivity contribution in [2.45, 2.75) is 33.0 Å². The fourth-order valence-corrected chi connectivity index (χ4v) is 6.00. The Morgan fingerprint density at radius 1 is 1.09 bits per heavy atom. The average molecular weight is 620 g/mol. The highest BCUT2D eigenvalue weighted by molar-refractivity contribution is 6.39. The van der Waals surface area contributed by atoms with Crippen molar-refractivity contribution in [1.29, 1.82) is 0 Å². The number of anilines is 1. The fraction of sp³-hybridized carbons (Fsp3) is 0.303. The highest BCUT2D eigenvalue weighted by Gasteiger charge is 2.19. The number of hydrogen-bond donors (Lipinski definition) is 3. The van der Waals surface area contributed by atoms with Crippen LogP contribution in [-0.4, -0.2) is 55.7 Å². The van der Waals surface area contributed by atoms with Gasteiger partial charge in [-0.1, -0.05) is 59.6 Å². The molecule has 1 aliphatic heterocycles. The first-order chi connectivity index (χ1) is 20.8. The molecule has 1 unspecified atom stereocenters. The Morgan fingerprint density at radius 3 is 2.67 bits per heavy atom. The molecule has 224 valence electrons. The summed E-state index contributed by atoms with van der Waals surface area (Å²) in [6.07, 6.45) is 1.77. The predicted molar refractivity (Wildman–Crippen MR) is 175 cm³/mol. The summed E-state index contributed by atoms with van der Waals surface area (Å²) in [6, 6.07) is 18.0. The van der Waals surface area contributed by atoms with Gasteiger partial charge in [-0.05, 0) is 30.7 Å². The standard InChI is InChI=1S/C33H36Cl2N6O2/c1-20(39-21(2)42)17-37-19-24-10-11-28(40-33(24)43-4)27-7-5-6-25(30(27)34)26-12-13-38-32(31(26)35)22-8-9-23-18-36-14-15-41(3)29(23)16-22/h5-13,16,20,36-37H,14-15,17-19H2,1-4H3,(H,39,42). The van der Waals surface area contributed by atoms with Crippen LogP contribution < -0.4 is 25.6 Å². The molecule has 0 aliphatic carbocycles. The van der Waals surface area contributed by atoms with E-state index in [1.165, 1.54) is 18.2 Å². The van der Waals surface area contributed by atoms with Crippen LogP contribution in [0, 0.1) is 0 Å². The van der Waals surface area contributed by atoms with E-state index in [1.807, 2.05) is 43.3 Å². The number of fused-ring (bicyclic) bond motifs is 1. The largest absolute Gasteiger partial charge is 0.481 e. The molecule has 1 aliphatic rings. The molecule has 4 aromatic rings. The van der Waals surface area contributed by atoms with Crippen LogP contribution in [0.1, 0.15) is 25.0 Å². The van der Waals surface area contributed by atoms with Crippen molar-refractivity contribution >= 4 is 34.8 Å². The second kappa shape index (κ2) is 13.7. The van der Waals surface area contributed by atoms with Crippen molar-refractivity contribution in [3.8, 4) is 39.5 Å². The van der Waals surface area contributed by atoms with E-state index < -0.39 is 0 Å². The Morgan fingerprint density at radius 2 is 1.88 bits per heavy atom. The molecule has 0 radical (unpaired) electrons. The molecule has 5 rings (SSSR count). The third-order valence-corrected chi connectivity index (χ3v) is 8.30. The summed E-state index contributed by atoms with van der Waals surface area (Å²) < 4.78 is 5.62. The van der Waals surface area contributed by atoms with E-state index in [-0.39, 0.29) is 11.9 Å². The predicted octanol–water partition coefficient (Wildman–Crippen LogP) is 5.95. The number of methoxy groups -OCH3 is 1. The lowest BCUT2D eigenvalue weighted by atomic mass is 9.99. The number of amides is 1. The molecule has 8 nitrogen and oxygen atoms in total. The SMILES string of the molecule is COc1nc(-c2cccc(-c3ccnc(-c4ccc5c(c4)N(C)CCNC5)c3Cl)c2Cl)ccc1CNCC(C)NC(C)=O. The van der Waals surface area contributed by atoms with Gasteiger partial charge < -0.3 is 25.6 Å². The van der Waals surface area contributed by atoms with Crippen LogP contribution in [0.25, 0.3) is 33.6 Å². The molecular formula is C33H36Cl2N6O2. The van der Waals surface area contributed by atoms with Gasteiger partial charge >= 0.3 is 0 Å². The summed E-state index contributed by atoms with van der Waals surface area (Å²) in [6.45, 7) is 7.31. The zero-order valence-electron chi connectivity index (χ0n) is 24.8. The molecule has 0 saturated carbocycles. The van der Waals surface area contributed by atoms with Gasteiger partial charge in [-0.25, -0.2) is 4.98 Å². The Labute approximate surface area is 262 Å². The van der Waals surface area contributed by atoms with Gasteiger partial charge in [-0.3, -0.25) is 9.78 Å². The fourth-order valence-electron chi connectivity index (χ4n) is 5.35. The molecule has 2 aromatic carbocycles. The summed E-state index contributed by atoms with van der Waals surface area (Å²) in [7, 11) is 3.70. The minimum Gasteiger partial charge on any atom is -0.481 e. The molecule has 0 fully saturated rings. The van der Waals surface area contributed by atoms with E-state index in [0.717, 1.165) is 47.5 Å². The maximum atomic E-state index is 11.3. The van der Waals surface area contributed by atoms with E-state index in [4.69, 9.17) is 32.9 Å². The van der Waals surface area contributed by atoms with Crippen LogP contribution in [-0.2, 0) is 17.9 Å². The van der Waals surface area contributed by atoms with Gasteiger partial charge in [0.05, 0.1) is 28.5 Å². The van der Waals surface area contributed by atoms with E-state index >= 15 is 0 Å². The molecule has 0 spiro atoms. The van der Waals surface area contributed by atoms with Gasteiger partial charge in [0, 0.05) is 92.4 Å². The molecule has 3 heterocycles. The van der Waals surface area contributed by atoms with Crippen LogP contribution in [0.2, 0.25) is 10.0 Å². The number of pyridine rings is 2. The molecule has 2 aromatic heterocycles. The van der Waals surface area contributed by atoms with Gasteiger partial charge in [0.1, 0.15) is 0 Å². The van der Waals surface area contributed by atoms with E-state index in [9.17, 15) is 4.79 Å². The van der Waals surface area contributed by atoms with Crippen LogP contribution in [0.15, 0.2) is 60.8 Å². The van der Waals surface area contributed by atoms with Crippen molar-refractivity contribution < 1.29 is 9.53 Å². The number of halogens is 2. The van der Waals surface area contributed by atoms with Crippen LogP contribution in [0.3, 0.4) is 0 Å². The van der Waals surface area contributed by atoms with Crippen molar-refractivity contribution in [3.05, 3.63) is 82.0 Å². The first-order valence-electron chi connectivity index (χ1n) is 14.3. The van der Waals surface area contributed by atoms with Gasteiger partial charge in [-0.2, -0.15) is 0 Å². The summed E-state index contributed by atoms with van der Waals surface area (Å²) in [4.78, 5) is 23.0. The van der Waals surface area contributed by atoms with E-state index in [0.29, 0.717) is 40.4 Å². The van der Waals surface area contributed by atoms with Crippen LogP contribution >= 0.6 is 23.2 Å². The molecule has 0 bridgehead atoms. The van der Waals surface area contributed by atoms with Crippen LogP contribution in [0.5, 0.6) is 5.88 Å². The van der Waals surface area contributed by atoms with Gasteiger partial charge in [0.15, 0.2) is 0 Å². The maximum Gasteiger partial charge on any atom is 0.218 e. The van der Waals surface area contributed by atoms with Crippen molar-refractivity contribution in [2.75, 3.05) is 38.7 Å². The lowest BCUT2D eigenvalue weighted by molar-refractivity contribution is -0.119. The number of rotatable bonds is 9. The first-order valence-corrected chi connectivity index (χ1v) is 15.0. The average Bonchev–Trinajstić information content (AvgIpc) is 3.18. The Balaban J connectivity index is 1.43. The molecule has 3 N–H and O–H groups in total.